The van der Waals surface area contributed by atoms with Gasteiger partial charge in [-0.05, 0) is 0 Å². The Hall–Kier alpha value is -1.27. The maximum absolute atomic E-state index is 7.58. The zero-order valence-corrected chi connectivity index (χ0v) is 19.7. The summed E-state index contributed by atoms with van der Waals surface area (Å²) in [7, 11) is 15.2. The third-order valence-corrected chi connectivity index (χ3v) is 22.7. The first-order valence-electron chi connectivity index (χ1n) is 9.22. The molecule has 136 valence electrons. The van der Waals surface area contributed by atoms with E-state index < -0.39 is 15.9 Å². The second-order valence-corrected chi connectivity index (χ2v) is 27.1. The van der Waals surface area contributed by atoms with Crippen molar-refractivity contribution in [2.24, 2.45) is 0 Å². The summed E-state index contributed by atoms with van der Waals surface area (Å²) in [6.07, 6.45) is 0. The molecule has 0 fully saturated rings. The first-order valence-corrected chi connectivity index (χ1v) is 19.4. The zero-order valence-electron chi connectivity index (χ0n) is 15.8. The van der Waals surface area contributed by atoms with E-state index in [1.54, 1.807) is 0 Å². The van der Waals surface area contributed by atoms with E-state index in [4.69, 9.17) is 17.0 Å². The van der Waals surface area contributed by atoms with Crippen molar-refractivity contribution < 1.29 is 15.9 Å². The van der Waals surface area contributed by atoms with Crippen molar-refractivity contribution in [1.29, 1.82) is 0 Å². The normalized spacial score (nSPS) is 12.5. The van der Waals surface area contributed by atoms with Crippen LogP contribution in [-0.2, 0) is 15.9 Å². The number of hydrogen-bond donors (Lipinski definition) is 0. The van der Waals surface area contributed by atoms with Crippen LogP contribution in [0.25, 0.3) is 22.3 Å². The van der Waals surface area contributed by atoms with Crippen molar-refractivity contribution in [3.63, 3.8) is 0 Å². The van der Waals surface area contributed by atoms with Crippen LogP contribution in [0, 0.1) is 13.8 Å². The van der Waals surface area contributed by atoms with Crippen molar-refractivity contribution >= 4 is 27.3 Å². The second kappa shape index (κ2) is 6.66. The maximum atomic E-state index is 7.58. The SMILES string of the molecule is C[CH]=[Zr]([Cl])([Cl])([c]1ccc2c(C)ccccc1-2)[c]1ccc2c(C)ccccc1-2. The topological polar surface area (TPSA) is 0 Å². The monoisotopic (exact) mass is 470 g/mol. The third-order valence-electron chi connectivity index (χ3n) is 5.78. The molecular weight excluding hydrogens is 450 g/mol. The summed E-state index contributed by atoms with van der Waals surface area (Å²) in [5, 5.41) is 0. The van der Waals surface area contributed by atoms with Crippen LogP contribution in [0.15, 0.2) is 72.8 Å². The molecule has 0 saturated heterocycles. The summed E-state index contributed by atoms with van der Waals surface area (Å²) in [5.41, 5.74) is 7.23. The Kier molecular flexibility index (Phi) is 4.70. The summed E-state index contributed by atoms with van der Waals surface area (Å²) in [5.74, 6) is 0. The van der Waals surface area contributed by atoms with Gasteiger partial charge in [0.2, 0.25) is 0 Å². The number of hydrogen-bond acceptors (Lipinski definition) is 0. The summed E-state index contributed by atoms with van der Waals surface area (Å²) < 4.78 is 4.32. The first-order chi connectivity index (χ1) is 12.9. The number of halogens is 2. The minimum atomic E-state index is -4.61. The van der Waals surface area contributed by atoms with E-state index >= 15 is 0 Å². The van der Waals surface area contributed by atoms with Crippen LogP contribution in [0.5, 0.6) is 0 Å². The Morgan fingerprint density at radius 3 is 1.41 bits per heavy atom. The van der Waals surface area contributed by atoms with Gasteiger partial charge in [0.25, 0.3) is 0 Å². The van der Waals surface area contributed by atoms with Crippen molar-refractivity contribution in [2.75, 3.05) is 0 Å². The molecule has 0 N–H and O–H groups in total. The average Bonchev–Trinajstić information content (AvgIpc) is 3.19. The van der Waals surface area contributed by atoms with Gasteiger partial charge < -0.3 is 0 Å². The Labute approximate surface area is 169 Å². The number of aryl methyl sites for hydroxylation is 2. The van der Waals surface area contributed by atoms with Crippen LogP contribution in [-0.4, -0.2) is 3.71 Å². The summed E-state index contributed by atoms with van der Waals surface area (Å²) in [6.45, 7) is 6.29. The van der Waals surface area contributed by atoms with Gasteiger partial charge in [-0.25, -0.2) is 0 Å². The Balaban J connectivity index is 2.07. The molecule has 0 spiro atoms. The van der Waals surface area contributed by atoms with Gasteiger partial charge in [-0.1, -0.05) is 0 Å². The Bertz CT molecular complexity index is 1080. The predicted molar refractivity (Wildman–Crippen MR) is 118 cm³/mol. The molecule has 27 heavy (non-hydrogen) atoms. The molecule has 0 aromatic carbocycles. The fourth-order valence-electron chi connectivity index (χ4n) is 4.17. The minimum absolute atomic E-state index is 1.10. The van der Waals surface area contributed by atoms with Crippen LogP contribution in [0.2, 0.25) is 0 Å². The van der Waals surface area contributed by atoms with E-state index in [0.717, 1.165) is 17.7 Å². The van der Waals surface area contributed by atoms with Gasteiger partial charge in [0, 0.05) is 0 Å². The molecule has 0 aromatic heterocycles. The fraction of sp³-hybridized carbons (Fsp3) is 0.125. The van der Waals surface area contributed by atoms with E-state index in [0.29, 0.717) is 0 Å². The van der Waals surface area contributed by atoms with Crippen LogP contribution in [0.3, 0.4) is 0 Å². The summed E-state index contributed by atoms with van der Waals surface area (Å²) >= 11 is -4.61. The van der Waals surface area contributed by atoms with Crippen molar-refractivity contribution in [2.45, 2.75) is 20.8 Å². The zero-order chi connectivity index (χ0) is 19.3. The first kappa shape index (κ1) is 19.1. The van der Waals surface area contributed by atoms with Gasteiger partial charge in [0.15, 0.2) is 0 Å². The molecule has 0 atom stereocenters. The summed E-state index contributed by atoms with van der Waals surface area (Å²) in [6, 6.07) is 25.5. The molecule has 0 saturated carbocycles. The molecule has 3 heteroatoms. The van der Waals surface area contributed by atoms with E-state index in [2.05, 4.69) is 90.4 Å². The number of rotatable bonds is 2. The second-order valence-electron chi connectivity index (χ2n) is 7.32. The third kappa shape index (κ3) is 2.87. The van der Waals surface area contributed by atoms with Crippen molar-refractivity contribution in [3.05, 3.63) is 83.9 Å². The molecule has 0 unspecified atom stereocenters. The van der Waals surface area contributed by atoms with Crippen LogP contribution >= 0.6 is 17.0 Å². The molecule has 0 aromatic rings. The van der Waals surface area contributed by atoms with E-state index in [1.807, 2.05) is 6.92 Å². The van der Waals surface area contributed by atoms with Crippen LogP contribution in [0.4, 0.5) is 0 Å². The molecule has 0 nitrogen and oxygen atoms in total. The van der Waals surface area contributed by atoms with Gasteiger partial charge in [-0.15, -0.1) is 0 Å². The molecule has 0 radical (unpaired) electrons. The standard InChI is InChI=1S/2C11H9.C2H4.2ClH.Zr/c2*1-9-5-2-3-6-10-7-4-8-11(9)10;1-2;;;/h2*2-6,8H,1H3;1H,2H3;2*1H;/q;;;;;+2/p-2. The van der Waals surface area contributed by atoms with Gasteiger partial charge in [0.05, 0.1) is 0 Å². The molecular formula is C24H22Cl2Zr. The van der Waals surface area contributed by atoms with Gasteiger partial charge in [0.1, 0.15) is 0 Å². The predicted octanol–water partition coefficient (Wildman–Crippen LogP) is 6.28. The van der Waals surface area contributed by atoms with Gasteiger partial charge >= 0.3 is 170 Å². The van der Waals surface area contributed by atoms with E-state index in [9.17, 15) is 0 Å². The molecule has 0 amide bonds. The fourth-order valence-corrected chi connectivity index (χ4v) is 15.7. The van der Waals surface area contributed by atoms with Crippen molar-refractivity contribution in [3.8, 4) is 22.3 Å². The molecule has 4 aliphatic rings. The van der Waals surface area contributed by atoms with Gasteiger partial charge in [-0.2, -0.15) is 0 Å². The van der Waals surface area contributed by atoms with Crippen molar-refractivity contribution in [1.82, 2.24) is 0 Å². The summed E-state index contributed by atoms with van der Waals surface area (Å²) in [4.78, 5) is 0. The van der Waals surface area contributed by atoms with Gasteiger partial charge in [-0.3, -0.25) is 0 Å². The van der Waals surface area contributed by atoms with E-state index in [-0.39, 0.29) is 0 Å². The van der Waals surface area contributed by atoms with Crippen LogP contribution in [0.1, 0.15) is 18.1 Å². The quantitative estimate of drug-likeness (QED) is 0.322. The molecule has 4 aliphatic carbocycles. The Morgan fingerprint density at radius 1 is 0.593 bits per heavy atom. The number of fused-ring (bicyclic) bond motifs is 2. The molecule has 0 heterocycles. The Morgan fingerprint density at radius 2 is 1.00 bits per heavy atom. The molecule has 0 aliphatic heterocycles. The molecule has 0 bridgehead atoms. The van der Waals surface area contributed by atoms with E-state index in [1.165, 1.54) is 22.3 Å². The molecule has 4 rings (SSSR count). The van der Waals surface area contributed by atoms with Crippen LogP contribution < -0.4 is 6.54 Å². The average molecular weight is 473 g/mol.